The summed E-state index contributed by atoms with van der Waals surface area (Å²) >= 11 is 0. The van der Waals surface area contributed by atoms with Gasteiger partial charge in [-0.15, -0.1) is 0 Å². The topological polar surface area (TPSA) is 43.9 Å². The average molecular weight is 384 g/mol. The van der Waals surface area contributed by atoms with Gasteiger partial charge in [0.2, 0.25) is 11.8 Å². The highest BCUT2D eigenvalue weighted by molar-refractivity contribution is 5.81. The molecule has 3 fully saturated rings. The number of likely N-dealkylation sites (tertiary alicyclic amines) is 1. The number of hydrogen-bond donors (Lipinski definition) is 0. The minimum Gasteiger partial charge on any atom is -0.342 e. The smallest absolute Gasteiger partial charge is 0.225 e. The lowest BCUT2D eigenvalue weighted by molar-refractivity contribution is -0.134. The maximum absolute atomic E-state index is 12.7. The van der Waals surface area contributed by atoms with Crippen molar-refractivity contribution in [2.24, 2.45) is 11.8 Å². The second-order valence-corrected chi connectivity index (χ2v) is 8.75. The zero-order valence-corrected chi connectivity index (χ0v) is 16.9. The van der Waals surface area contributed by atoms with Crippen molar-refractivity contribution in [1.29, 1.82) is 0 Å². The van der Waals surface area contributed by atoms with Crippen molar-refractivity contribution < 1.29 is 9.59 Å². The van der Waals surface area contributed by atoms with E-state index in [9.17, 15) is 9.59 Å². The Kier molecular flexibility index (Phi) is 6.30. The molecule has 0 spiro atoms. The summed E-state index contributed by atoms with van der Waals surface area (Å²) in [6.45, 7) is 6.33. The van der Waals surface area contributed by atoms with E-state index in [1.165, 1.54) is 5.56 Å². The number of rotatable bonds is 6. The van der Waals surface area contributed by atoms with Crippen molar-refractivity contribution in [1.82, 2.24) is 14.7 Å². The molecule has 0 N–H and O–H groups in total. The number of piperidine rings is 1. The third-order valence-corrected chi connectivity index (χ3v) is 6.50. The van der Waals surface area contributed by atoms with Crippen LogP contribution < -0.4 is 0 Å². The van der Waals surface area contributed by atoms with E-state index in [0.29, 0.717) is 30.1 Å². The molecule has 1 aromatic carbocycles. The fourth-order valence-electron chi connectivity index (χ4n) is 4.57. The van der Waals surface area contributed by atoms with E-state index in [-0.39, 0.29) is 0 Å². The van der Waals surface area contributed by atoms with E-state index in [2.05, 4.69) is 34.1 Å². The van der Waals surface area contributed by atoms with Gasteiger partial charge in [-0.25, -0.2) is 0 Å². The second-order valence-electron chi connectivity index (χ2n) is 8.75. The number of piperazine rings is 1. The zero-order chi connectivity index (χ0) is 19.3. The highest BCUT2D eigenvalue weighted by Crippen LogP contribution is 2.33. The molecule has 4 rings (SSSR count). The summed E-state index contributed by atoms with van der Waals surface area (Å²) in [5.41, 5.74) is 1.34. The van der Waals surface area contributed by atoms with Crippen LogP contribution in [0.25, 0.3) is 0 Å². The van der Waals surface area contributed by atoms with Crippen LogP contribution in [0.3, 0.4) is 0 Å². The first kappa shape index (κ1) is 19.4. The van der Waals surface area contributed by atoms with Crippen molar-refractivity contribution in [3.63, 3.8) is 0 Å². The van der Waals surface area contributed by atoms with Crippen LogP contribution in [0.1, 0.15) is 44.1 Å². The van der Waals surface area contributed by atoms with Crippen molar-refractivity contribution in [3.8, 4) is 0 Å². The molecule has 5 nitrogen and oxygen atoms in total. The lowest BCUT2D eigenvalue weighted by Gasteiger charge is -2.36. The molecule has 2 saturated heterocycles. The Morgan fingerprint density at radius 1 is 0.893 bits per heavy atom. The Balaban J connectivity index is 1.17. The molecule has 0 bridgehead atoms. The Morgan fingerprint density at radius 3 is 2.36 bits per heavy atom. The van der Waals surface area contributed by atoms with Crippen LogP contribution in [-0.4, -0.2) is 65.8 Å². The number of nitrogens with zero attached hydrogens (tertiary/aromatic N) is 3. The largest absolute Gasteiger partial charge is 0.342 e. The SMILES string of the molecule is O=C(CC[C@@H]1CCCN(C(=O)C2CC2)C1)N1CCN(Cc2ccccc2)CC1. The molecule has 1 aliphatic carbocycles. The van der Waals surface area contributed by atoms with Gasteiger partial charge in [-0.1, -0.05) is 30.3 Å². The molecule has 1 atom stereocenters. The maximum Gasteiger partial charge on any atom is 0.225 e. The Labute approximate surface area is 168 Å². The van der Waals surface area contributed by atoms with E-state index >= 15 is 0 Å². The van der Waals surface area contributed by atoms with Crippen LogP contribution >= 0.6 is 0 Å². The molecule has 152 valence electrons. The van der Waals surface area contributed by atoms with Gasteiger partial charge in [-0.3, -0.25) is 14.5 Å². The molecule has 0 radical (unpaired) electrons. The van der Waals surface area contributed by atoms with Crippen molar-refractivity contribution >= 4 is 11.8 Å². The highest BCUT2D eigenvalue weighted by atomic mass is 16.2. The average Bonchev–Trinajstić information content (AvgIpc) is 3.58. The van der Waals surface area contributed by atoms with Crippen molar-refractivity contribution in [2.75, 3.05) is 39.3 Å². The highest BCUT2D eigenvalue weighted by Gasteiger charge is 2.35. The molecular weight excluding hydrogens is 350 g/mol. The third kappa shape index (κ3) is 5.13. The van der Waals surface area contributed by atoms with E-state index in [4.69, 9.17) is 0 Å². The summed E-state index contributed by atoms with van der Waals surface area (Å²) < 4.78 is 0. The van der Waals surface area contributed by atoms with E-state index in [0.717, 1.165) is 77.9 Å². The fraction of sp³-hybridized carbons (Fsp3) is 0.652. The van der Waals surface area contributed by atoms with Crippen LogP contribution in [0.15, 0.2) is 30.3 Å². The van der Waals surface area contributed by atoms with E-state index in [1.807, 2.05) is 11.0 Å². The number of hydrogen-bond acceptors (Lipinski definition) is 3. The van der Waals surface area contributed by atoms with Gasteiger partial charge < -0.3 is 9.80 Å². The van der Waals surface area contributed by atoms with Gasteiger partial charge in [0.05, 0.1) is 0 Å². The van der Waals surface area contributed by atoms with Gasteiger partial charge in [0.15, 0.2) is 0 Å². The molecule has 5 heteroatoms. The lowest BCUT2D eigenvalue weighted by atomic mass is 9.93. The van der Waals surface area contributed by atoms with Gasteiger partial charge in [0.1, 0.15) is 0 Å². The Morgan fingerprint density at radius 2 is 1.64 bits per heavy atom. The molecule has 28 heavy (non-hydrogen) atoms. The van der Waals surface area contributed by atoms with Crippen LogP contribution in [0.4, 0.5) is 0 Å². The number of benzene rings is 1. The third-order valence-electron chi connectivity index (χ3n) is 6.50. The minimum atomic E-state index is 0.296. The first-order valence-electron chi connectivity index (χ1n) is 11.0. The molecule has 1 aromatic rings. The summed E-state index contributed by atoms with van der Waals surface area (Å²) in [6.07, 6.45) is 5.97. The van der Waals surface area contributed by atoms with E-state index in [1.54, 1.807) is 0 Å². The fourth-order valence-corrected chi connectivity index (χ4v) is 4.57. The normalized spacial score (nSPS) is 23.6. The van der Waals surface area contributed by atoms with Crippen LogP contribution in [0.2, 0.25) is 0 Å². The monoisotopic (exact) mass is 383 g/mol. The lowest BCUT2D eigenvalue weighted by Crippen LogP contribution is -2.48. The summed E-state index contributed by atoms with van der Waals surface area (Å²) in [6, 6.07) is 10.5. The predicted octanol–water partition coefficient (Wildman–Crippen LogP) is 2.76. The van der Waals surface area contributed by atoms with Gasteiger partial charge >= 0.3 is 0 Å². The summed E-state index contributed by atoms with van der Waals surface area (Å²) in [4.78, 5) is 31.5. The molecule has 2 aliphatic heterocycles. The molecular formula is C23H33N3O2. The molecule has 2 heterocycles. The second kappa shape index (κ2) is 9.08. The number of carbonyl (C=O) groups is 2. The molecule has 2 amide bonds. The number of carbonyl (C=O) groups excluding carboxylic acids is 2. The molecule has 0 aromatic heterocycles. The van der Waals surface area contributed by atoms with Crippen molar-refractivity contribution in [3.05, 3.63) is 35.9 Å². The van der Waals surface area contributed by atoms with Gasteiger partial charge in [0, 0.05) is 58.2 Å². The quantitative estimate of drug-likeness (QED) is 0.759. The Bertz CT molecular complexity index is 666. The van der Waals surface area contributed by atoms with Crippen LogP contribution in [0, 0.1) is 11.8 Å². The predicted molar refractivity (Wildman–Crippen MR) is 110 cm³/mol. The van der Waals surface area contributed by atoms with Gasteiger partial charge in [-0.2, -0.15) is 0 Å². The molecule has 1 saturated carbocycles. The zero-order valence-electron chi connectivity index (χ0n) is 16.9. The van der Waals surface area contributed by atoms with Gasteiger partial charge in [0.25, 0.3) is 0 Å². The minimum absolute atomic E-state index is 0.296. The standard InChI is InChI=1S/C23H33N3O2/c27-22(11-8-20-7-4-12-26(18-20)23(28)21-9-10-21)25-15-13-24(14-16-25)17-19-5-2-1-3-6-19/h1-3,5-6,20-21H,4,7-18H2/t20-/m0/s1. The summed E-state index contributed by atoms with van der Waals surface area (Å²) in [7, 11) is 0. The first-order chi connectivity index (χ1) is 13.7. The van der Waals surface area contributed by atoms with Crippen LogP contribution in [-0.2, 0) is 16.1 Å². The number of amides is 2. The van der Waals surface area contributed by atoms with Gasteiger partial charge in [-0.05, 0) is 43.6 Å². The summed E-state index contributed by atoms with van der Waals surface area (Å²) in [5.74, 6) is 1.47. The molecule has 3 aliphatic rings. The van der Waals surface area contributed by atoms with Crippen molar-refractivity contribution in [2.45, 2.75) is 45.1 Å². The Hall–Kier alpha value is -1.88. The van der Waals surface area contributed by atoms with E-state index < -0.39 is 0 Å². The van der Waals surface area contributed by atoms with Crippen LogP contribution in [0.5, 0.6) is 0 Å². The maximum atomic E-state index is 12.7. The molecule has 0 unspecified atom stereocenters. The summed E-state index contributed by atoms with van der Waals surface area (Å²) in [5, 5.41) is 0. The first-order valence-corrected chi connectivity index (χ1v) is 11.0.